The number of fused-ring (bicyclic) bond motifs is 1. The van der Waals surface area contributed by atoms with Gasteiger partial charge in [0.15, 0.2) is 17.2 Å². The van der Waals surface area contributed by atoms with Gasteiger partial charge in [-0.25, -0.2) is 4.79 Å². The third-order valence-corrected chi connectivity index (χ3v) is 3.81. The highest BCUT2D eigenvalue weighted by atomic mass is 35.5. The maximum absolute atomic E-state index is 12.3. The van der Waals surface area contributed by atoms with Crippen LogP contribution in [0.15, 0.2) is 36.4 Å². The van der Waals surface area contributed by atoms with Gasteiger partial charge < -0.3 is 20.3 Å². The van der Waals surface area contributed by atoms with Gasteiger partial charge in [-0.1, -0.05) is 11.6 Å². The first-order valence-electron chi connectivity index (χ1n) is 6.93. The number of aromatic amines is 1. The molecule has 0 bridgehead atoms. The van der Waals surface area contributed by atoms with Crippen LogP contribution in [0.1, 0.15) is 0 Å². The molecule has 0 radical (unpaired) electrons. The minimum absolute atomic E-state index is 0.208. The lowest BCUT2D eigenvalue weighted by molar-refractivity contribution is 0.258. The molecule has 0 saturated carbocycles. The van der Waals surface area contributed by atoms with Gasteiger partial charge in [0.25, 0.3) is 0 Å². The van der Waals surface area contributed by atoms with E-state index in [9.17, 15) is 20.1 Å². The standard InChI is InChI=1S/C16H14ClN3O4/c1-20(10-6-12(21)15(23)13(22)7-10)16(24)19-14-5-8-4-9(17)2-3-11(8)18-14/h2-7,18,21-23H,1H3,(H,19,24). The van der Waals surface area contributed by atoms with Gasteiger partial charge in [0.05, 0.1) is 5.69 Å². The third kappa shape index (κ3) is 2.89. The van der Waals surface area contributed by atoms with Crippen molar-refractivity contribution in [3.05, 3.63) is 41.4 Å². The summed E-state index contributed by atoms with van der Waals surface area (Å²) in [7, 11) is 1.46. The molecular formula is C16H14ClN3O4. The van der Waals surface area contributed by atoms with Crippen LogP contribution >= 0.6 is 11.6 Å². The first-order chi connectivity index (χ1) is 11.3. The Labute approximate surface area is 141 Å². The lowest BCUT2D eigenvalue weighted by Crippen LogP contribution is -2.31. The maximum atomic E-state index is 12.3. The number of aromatic nitrogens is 1. The number of hydrogen-bond acceptors (Lipinski definition) is 4. The average molecular weight is 348 g/mol. The molecule has 2 amide bonds. The molecule has 3 aromatic rings. The zero-order valence-electron chi connectivity index (χ0n) is 12.5. The number of amides is 2. The summed E-state index contributed by atoms with van der Waals surface area (Å²) in [6, 6.07) is 8.87. The predicted octanol–water partition coefficient (Wildman–Crippen LogP) is 3.61. The molecule has 7 nitrogen and oxygen atoms in total. The van der Waals surface area contributed by atoms with E-state index < -0.39 is 23.3 Å². The van der Waals surface area contributed by atoms with Crippen LogP contribution in [0.5, 0.6) is 17.2 Å². The van der Waals surface area contributed by atoms with Gasteiger partial charge in [-0.15, -0.1) is 0 Å². The largest absolute Gasteiger partial charge is 0.504 e. The number of halogens is 1. The van der Waals surface area contributed by atoms with Crippen LogP contribution in [0.3, 0.4) is 0 Å². The quantitative estimate of drug-likeness (QED) is 0.456. The van der Waals surface area contributed by atoms with Crippen molar-refractivity contribution in [1.29, 1.82) is 0 Å². The lowest BCUT2D eigenvalue weighted by atomic mass is 10.2. The zero-order valence-corrected chi connectivity index (χ0v) is 13.3. The molecule has 1 aromatic heterocycles. The molecule has 2 aromatic carbocycles. The first kappa shape index (κ1) is 15.8. The van der Waals surface area contributed by atoms with E-state index in [0.717, 1.165) is 10.9 Å². The molecule has 0 atom stereocenters. The Morgan fingerprint density at radius 1 is 1.12 bits per heavy atom. The molecule has 24 heavy (non-hydrogen) atoms. The number of rotatable bonds is 2. The Hall–Kier alpha value is -3.06. The molecule has 1 heterocycles. The molecular weight excluding hydrogens is 334 g/mol. The molecule has 124 valence electrons. The maximum Gasteiger partial charge on any atom is 0.327 e. The van der Waals surface area contributed by atoms with Gasteiger partial charge in [0.2, 0.25) is 0 Å². The number of hydrogen-bond donors (Lipinski definition) is 5. The van der Waals surface area contributed by atoms with E-state index in [1.54, 1.807) is 24.3 Å². The average Bonchev–Trinajstić information content (AvgIpc) is 2.92. The number of carbonyl (C=O) groups is 1. The highest BCUT2D eigenvalue weighted by Gasteiger charge is 2.16. The van der Waals surface area contributed by atoms with Crippen LogP contribution in [0.25, 0.3) is 10.9 Å². The fourth-order valence-corrected chi connectivity index (χ4v) is 2.45. The fraction of sp³-hybridized carbons (Fsp3) is 0.0625. The number of phenolic OH excluding ortho intramolecular Hbond substituents is 3. The number of phenols is 3. The van der Waals surface area contributed by atoms with Crippen molar-refractivity contribution in [1.82, 2.24) is 4.98 Å². The van der Waals surface area contributed by atoms with E-state index >= 15 is 0 Å². The second-order valence-corrected chi connectivity index (χ2v) is 5.67. The number of urea groups is 1. The van der Waals surface area contributed by atoms with E-state index in [1.165, 1.54) is 24.1 Å². The van der Waals surface area contributed by atoms with Gasteiger partial charge in [0.1, 0.15) is 5.82 Å². The molecule has 0 unspecified atom stereocenters. The first-order valence-corrected chi connectivity index (χ1v) is 7.31. The second-order valence-electron chi connectivity index (χ2n) is 5.24. The van der Waals surface area contributed by atoms with Crippen LogP contribution < -0.4 is 10.2 Å². The van der Waals surface area contributed by atoms with E-state index in [-0.39, 0.29) is 5.69 Å². The summed E-state index contributed by atoms with van der Waals surface area (Å²) in [4.78, 5) is 16.5. The molecule has 0 aliphatic heterocycles. The Kier molecular flexibility index (Phi) is 3.86. The van der Waals surface area contributed by atoms with E-state index in [1.807, 2.05) is 0 Å². The number of aromatic hydroxyl groups is 3. The summed E-state index contributed by atoms with van der Waals surface area (Å²) in [5.74, 6) is -1.22. The summed E-state index contributed by atoms with van der Waals surface area (Å²) in [6.45, 7) is 0. The van der Waals surface area contributed by atoms with E-state index in [0.29, 0.717) is 10.8 Å². The normalized spacial score (nSPS) is 10.8. The number of carbonyl (C=O) groups excluding carboxylic acids is 1. The molecule has 8 heteroatoms. The summed E-state index contributed by atoms with van der Waals surface area (Å²) in [5.41, 5.74) is 1.02. The van der Waals surface area contributed by atoms with Crippen molar-refractivity contribution < 1.29 is 20.1 Å². The topological polar surface area (TPSA) is 109 Å². The molecule has 0 aliphatic carbocycles. The Morgan fingerprint density at radius 2 is 1.79 bits per heavy atom. The zero-order chi connectivity index (χ0) is 17.4. The monoisotopic (exact) mass is 347 g/mol. The SMILES string of the molecule is CN(C(=O)Nc1cc2cc(Cl)ccc2[nH]1)c1cc(O)c(O)c(O)c1. The smallest absolute Gasteiger partial charge is 0.327 e. The Bertz CT molecular complexity index is 915. The van der Waals surface area contributed by atoms with Crippen LogP contribution in [0, 0.1) is 0 Å². The van der Waals surface area contributed by atoms with Gasteiger partial charge in [-0.2, -0.15) is 0 Å². The Balaban J connectivity index is 1.82. The molecule has 0 saturated heterocycles. The number of nitrogens with zero attached hydrogens (tertiary/aromatic N) is 1. The van der Waals surface area contributed by atoms with Crippen molar-refractivity contribution >= 4 is 40.0 Å². The minimum atomic E-state index is -0.639. The number of anilines is 2. The number of nitrogens with one attached hydrogen (secondary N) is 2. The lowest BCUT2D eigenvalue weighted by Gasteiger charge is -2.18. The molecule has 5 N–H and O–H groups in total. The van der Waals surface area contributed by atoms with Crippen LogP contribution in [-0.4, -0.2) is 33.4 Å². The van der Waals surface area contributed by atoms with E-state index in [4.69, 9.17) is 11.6 Å². The number of benzene rings is 2. The van der Waals surface area contributed by atoms with Gasteiger partial charge in [-0.05, 0) is 24.3 Å². The van der Waals surface area contributed by atoms with Crippen LogP contribution in [-0.2, 0) is 0 Å². The summed E-state index contributed by atoms with van der Waals surface area (Å²) < 4.78 is 0. The van der Waals surface area contributed by atoms with Crippen molar-refractivity contribution in [2.75, 3.05) is 17.3 Å². The predicted molar refractivity (Wildman–Crippen MR) is 92.2 cm³/mol. The highest BCUT2D eigenvalue weighted by Crippen LogP contribution is 2.38. The summed E-state index contributed by atoms with van der Waals surface area (Å²) in [6.07, 6.45) is 0. The van der Waals surface area contributed by atoms with Crippen LogP contribution in [0.4, 0.5) is 16.3 Å². The van der Waals surface area contributed by atoms with Crippen LogP contribution in [0.2, 0.25) is 5.02 Å². The molecule has 0 spiro atoms. The molecule has 0 fully saturated rings. The molecule has 3 rings (SSSR count). The Morgan fingerprint density at radius 3 is 2.46 bits per heavy atom. The third-order valence-electron chi connectivity index (χ3n) is 3.57. The van der Waals surface area contributed by atoms with Gasteiger partial charge in [0, 0.05) is 35.1 Å². The highest BCUT2D eigenvalue weighted by molar-refractivity contribution is 6.31. The van der Waals surface area contributed by atoms with Crippen molar-refractivity contribution in [3.8, 4) is 17.2 Å². The van der Waals surface area contributed by atoms with Crippen molar-refractivity contribution in [2.45, 2.75) is 0 Å². The molecule has 0 aliphatic rings. The minimum Gasteiger partial charge on any atom is -0.504 e. The second kappa shape index (κ2) is 5.86. The fourth-order valence-electron chi connectivity index (χ4n) is 2.27. The number of H-pyrrole nitrogens is 1. The van der Waals surface area contributed by atoms with Gasteiger partial charge in [-0.3, -0.25) is 10.2 Å². The van der Waals surface area contributed by atoms with Crippen molar-refractivity contribution in [3.63, 3.8) is 0 Å². The van der Waals surface area contributed by atoms with E-state index in [2.05, 4.69) is 10.3 Å². The summed E-state index contributed by atoms with van der Waals surface area (Å²) >= 11 is 5.93. The van der Waals surface area contributed by atoms with Gasteiger partial charge >= 0.3 is 6.03 Å². The summed E-state index contributed by atoms with van der Waals surface area (Å²) in [5, 5.41) is 32.5. The van der Waals surface area contributed by atoms with Crippen molar-refractivity contribution in [2.24, 2.45) is 0 Å².